The van der Waals surface area contributed by atoms with Crippen molar-refractivity contribution in [2.75, 3.05) is 25.2 Å². The molecule has 2 heterocycles. The Labute approximate surface area is 191 Å². The van der Waals surface area contributed by atoms with Crippen molar-refractivity contribution in [3.05, 3.63) is 59.6 Å². The Balaban J connectivity index is 1.23. The fourth-order valence-electron chi connectivity index (χ4n) is 4.37. The van der Waals surface area contributed by atoms with E-state index in [1.807, 2.05) is 4.90 Å². The van der Waals surface area contributed by atoms with E-state index in [1.165, 1.54) is 0 Å². The predicted molar refractivity (Wildman–Crippen MR) is 117 cm³/mol. The molecule has 0 radical (unpaired) electrons. The molecule has 1 aromatic carbocycles. The quantitative estimate of drug-likeness (QED) is 0.575. The number of carboxylic acid groups (broad SMARTS) is 1. The first-order valence-electron chi connectivity index (χ1n) is 11.0. The summed E-state index contributed by atoms with van der Waals surface area (Å²) in [5.74, 6) is -0.713. The second-order valence-electron chi connectivity index (χ2n) is 8.54. The molecule has 1 aliphatic heterocycles. The molecule has 4 rings (SSSR count). The van der Waals surface area contributed by atoms with Gasteiger partial charge in [0.05, 0.1) is 19.6 Å². The molecule has 0 spiro atoms. The standard InChI is InChI=1S/C24H27F2N3O4/c1-32-14-15-12-27-24(28-13-15)29-5-2-16(3-6-29)19-8-17(19)4-7-33-18-9-21(25)20(11-23(30)31)22(26)10-18/h2,5,9-10,12-13,16-17,19H,3-4,6-8,11,14H2,1H3,(H,30,31). The summed E-state index contributed by atoms with van der Waals surface area (Å²) >= 11 is 0. The summed E-state index contributed by atoms with van der Waals surface area (Å²) in [6, 6.07) is 2.10. The summed E-state index contributed by atoms with van der Waals surface area (Å²) in [5.41, 5.74) is 0.483. The van der Waals surface area contributed by atoms with E-state index < -0.39 is 29.6 Å². The van der Waals surface area contributed by atoms with Crippen molar-refractivity contribution in [3.63, 3.8) is 0 Å². The number of hydrogen-bond acceptors (Lipinski definition) is 6. The number of hydrogen-bond donors (Lipinski definition) is 1. The average Bonchev–Trinajstić information content (AvgIpc) is 3.57. The van der Waals surface area contributed by atoms with Gasteiger partial charge in [0, 0.05) is 55.5 Å². The van der Waals surface area contributed by atoms with E-state index in [2.05, 4.69) is 22.2 Å². The van der Waals surface area contributed by atoms with Crippen molar-refractivity contribution in [2.24, 2.45) is 17.8 Å². The van der Waals surface area contributed by atoms with Crippen LogP contribution in [0.15, 0.2) is 36.8 Å². The molecule has 0 amide bonds. The van der Waals surface area contributed by atoms with Gasteiger partial charge in [-0.1, -0.05) is 6.08 Å². The molecule has 7 nitrogen and oxygen atoms in total. The van der Waals surface area contributed by atoms with Crippen LogP contribution in [0.3, 0.4) is 0 Å². The molecule has 3 atom stereocenters. The van der Waals surface area contributed by atoms with E-state index in [-0.39, 0.29) is 5.75 Å². The lowest BCUT2D eigenvalue weighted by Crippen LogP contribution is -2.26. The number of carbonyl (C=O) groups is 1. The number of ether oxygens (including phenoxy) is 2. The largest absolute Gasteiger partial charge is 0.493 e. The van der Waals surface area contributed by atoms with Crippen LogP contribution in [0.25, 0.3) is 0 Å². The van der Waals surface area contributed by atoms with Crippen LogP contribution in [0.5, 0.6) is 5.75 Å². The van der Waals surface area contributed by atoms with Gasteiger partial charge in [-0.15, -0.1) is 0 Å². The van der Waals surface area contributed by atoms with Crippen LogP contribution >= 0.6 is 0 Å². The highest BCUT2D eigenvalue weighted by molar-refractivity contribution is 5.70. The van der Waals surface area contributed by atoms with Crippen LogP contribution in [0, 0.1) is 29.4 Å². The zero-order chi connectivity index (χ0) is 23.4. The van der Waals surface area contributed by atoms with Crippen LogP contribution in [0.4, 0.5) is 14.7 Å². The van der Waals surface area contributed by atoms with Crippen molar-refractivity contribution in [3.8, 4) is 5.75 Å². The van der Waals surface area contributed by atoms with E-state index in [1.54, 1.807) is 19.5 Å². The summed E-state index contributed by atoms with van der Waals surface area (Å²) in [5, 5.41) is 8.74. The lowest BCUT2D eigenvalue weighted by molar-refractivity contribution is -0.136. The minimum Gasteiger partial charge on any atom is -0.493 e. The van der Waals surface area contributed by atoms with Gasteiger partial charge in [-0.05, 0) is 37.0 Å². The summed E-state index contributed by atoms with van der Waals surface area (Å²) in [7, 11) is 1.64. The molecule has 2 aliphatic rings. The molecule has 1 aromatic heterocycles. The third-order valence-electron chi connectivity index (χ3n) is 6.20. The zero-order valence-electron chi connectivity index (χ0n) is 18.4. The predicted octanol–water partition coefficient (Wildman–Crippen LogP) is 3.97. The molecule has 1 N–H and O–H groups in total. The molecule has 1 saturated carbocycles. The molecule has 176 valence electrons. The third kappa shape index (κ3) is 5.84. The first-order valence-corrected chi connectivity index (χ1v) is 11.0. The van der Waals surface area contributed by atoms with Crippen LogP contribution < -0.4 is 9.64 Å². The van der Waals surface area contributed by atoms with Crippen molar-refractivity contribution in [1.82, 2.24) is 9.97 Å². The summed E-state index contributed by atoms with van der Waals surface area (Å²) in [6.45, 7) is 1.71. The summed E-state index contributed by atoms with van der Waals surface area (Å²) in [6.07, 6.45) is 10.1. The Morgan fingerprint density at radius 1 is 1.24 bits per heavy atom. The Bertz CT molecular complexity index is 992. The molecule has 33 heavy (non-hydrogen) atoms. The van der Waals surface area contributed by atoms with Crippen molar-refractivity contribution >= 4 is 11.9 Å². The summed E-state index contributed by atoms with van der Waals surface area (Å²) in [4.78, 5) is 21.6. The van der Waals surface area contributed by atoms with E-state index in [0.717, 1.165) is 43.5 Å². The highest BCUT2D eigenvalue weighted by Gasteiger charge is 2.42. The van der Waals surface area contributed by atoms with Gasteiger partial charge in [0.1, 0.15) is 17.4 Å². The van der Waals surface area contributed by atoms with Gasteiger partial charge in [0.25, 0.3) is 0 Å². The highest BCUT2D eigenvalue weighted by Crippen LogP contribution is 2.49. The van der Waals surface area contributed by atoms with E-state index in [9.17, 15) is 13.6 Å². The van der Waals surface area contributed by atoms with Gasteiger partial charge in [-0.2, -0.15) is 0 Å². The van der Waals surface area contributed by atoms with Gasteiger partial charge in [-0.25, -0.2) is 18.7 Å². The Morgan fingerprint density at radius 3 is 2.58 bits per heavy atom. The van der Waals surface area contributed by atoms with Crippen molar-refractivity contribution in [1.29, 1.82) is 0 Å². The highest BCUT2D eigenvalue weighted by atomic mass is 19.1. The normalized spacial score (nSPS) is 21.8. The number of nitrogens with zero attached hydrogens (tertiary/aromatic N) is 3. The topological polar surface area (TPSA) is 84.8 Å². The van der Waals surface area contributed by atoms with Gasteiger partial charge in [0.15, 0.2) is 0 Å². The van der Waals surface area contributed by atoms with Crippen LogP contribution in [-0.4, -0.2) is 41.3 Å². The number of halogens is 2. The first kappa shape index (κ1) is 23.1. The molecular formula is C24H27F2N3O4. The second-order valence-corrected chi connectivity index (χ2v) is 8.54. The molecule has 9 heteroatoms. The lowest BCUT2D eigenvalue weighted by Gasteiger charge is -2.26. The monoisotopic (exact) mass is 459 g/mol. The minimum atomic E-state index is -1.28. The lowest BCUT2D eigenvalue weighted by atomic mass is 9.95. The molecule has 0 bridgehead atoms. The molecule has 3 unspecified atom stereocenters. The number of aromatic nitrogens is 2. The fraction of sp³-hybridized carbons (Fsp3) is 0.458. The summed E-state index contributed by atoms with van der Waals surface area (Å²) < 4.78 is 38.6. The van der Waals surface area contributed by atoms with E-state index in [0.29, 0.717) is 36.9 Å². The van der Waals surface area contributed by atoms with Crippen molar-refractivity contribution in [2.45, 2.75) is 32.3 Å². The fourth-order valence-corrected chi connectivity index (χ4v) is 4.37. The maximum Gasteiger partial charge on any atom is 0.308 e. The SMILES string of the molecule is COCc1cnc(N2C=CC(C3CC3CCOc3cc(F)c(CC(=O)O)c(F)c3)CC2)nc1. The van der Waals surface area contributed by atoms with Crippen LogP contribution in [0.1, 0.15) is 30.4 Å². The number of anilines is 1. The number of benzene rings is 1. The maximum absolute atomic E-state index is 14.0. The molecule has 1 aliphatic carbocycles. The average molecular weight is 459 g/mol. The number of rotatable bonds is 10. The van der Waals surface area contributed by atoms with Gasteiger partial charge < -0.3 is 19.5 Å². The van der Waals surface area contributed by atoms with E-state index in [4.69, 9.17) is 14.6 Å². The van der Waals surface area contributed by atoms with Gasteiger partial charge in [0.2, 0.25) is 5.95 Å². The molecule has 1 fully saturated rings. The number of methoxy groups -OCH3 is 1. The smallest absolute Gasteiger partial charge is 0.308 e. The van der Waals surface area contributed by atoms with Crippen LogP contribution in [0.2, 0.25) is 0 Å². The van der Waals surface area contributed by atoms with Crippen molar-refractivity contribution < 1.29 is 28.2 Å². The zero-order valence-corrected chi connectivity index (χ0v) is 18.4. The number of aliphatic carboxylic acids is 1. The minimum absolute atomic E-state index is 0.0843. The Kier molecular flexibility index (Phi) is 7.17. The van der Waals surface area contributed by atoms with Gasteiger partial charge >= 0.3 is 5.97 Å². The molecule has 0 saturated heterocycles. The van der Waals surface area contributed by atoms with Gasteiger partial charge in [-0.3, -0.25) is 4.79 Å². The number of carboxylic acids is 1. The van der Waals surface area contributed by atoms with Crippen LogP contribution in [-0.2, 0) is 22.6 Å². The van der Waals surface area contributed by atoms with E-state index >= 15 is 0 Å². The Hall–Kier alpha value is -3.07. The molecular weight excluding hydrogens is 432 g/mol. The number of allylic oxidation sites excluding steroid dienone is 1. The Morgan fingerprint density at radius 2 is 1.97 bits per heavy atom. The third-order valence-corrected chi connectivity index (χ3v) is 6.20. The maximum atomic E-state index is 14.0. The second kappa shape index (κ2) is 10.2. The first-order chi connectivity index (χ1) is 15.9. The molecule has 2 aromatic rings.